The second-order valence-corrected chi connectivity index (χ2v) is 4.01. The molecule has 1 heterocycles. The van der Waals surface area contributed by atoms with Crippen molar-refractivity contribution in [2.24, 2.45) is 0 Å². The summed E-state index contributed by atoms with van der Waals surface area (Å²) in [5, 5.41) is 10.7. The Kier molecular flexibility index (Phi) is 2.97. The number of hydrogen-bond acceptors (Lipinski definition) is 4. The molecule has 0 fully saturated rings. The van der Waals surface area contributed by atoms with Crippen LogP contribution in [0.1, 0.15) is 5.56 Å². The molecule has 0 bridgehead atoms. The largest absolute Gasteiger partial charge is 0.497 e. The molecule has 2 aromatic rings. The minimum Gasteiger partial charge on any atom is -0.497 e. The van der Waals surface area contributed by atoms with E-state index in [-0.39, 0.29) is 0 Å². The molecule has 16 heavy (non-hydrogen) atoms. The summed E-state index contributed by atoms with van der Waals surface area (Å²) in [6.07, 6.45) is 1.91. The molecule has 0 saturated carbocycles. The minimum atomic E-state index is 0.616. The summed E-state index contributed by atoms with van der Waals surface area (Å²) >= 11 is 1.47. The fraction of sp³-hybridized carbons (Fsp3) is 0.167. The SMILES string of the molecule is COc1ccc2cc(C#N)c(SC)nc2c1. The number of rotatable bonds is 2. The lowest BCUT2D eigenvalue weighted by Gasteiger charge is -2.05. The summed E-state index contributed by atoms with van der Waals surface area (Å²) in [6, 6.07) is 9.65. The summed E-state index contributed by atoms with van der Waals surface area (Å²) in [6.45, 7) is 0. The summed E-state index contributed by atoms with van der Waals surface area (Å²) in [4.78, 5) is 4.43. The first-order valence-corrected chi connectivity index (χ1v) is 5.94. The number of fused-ring (bicyclic) bond motifs is 1. The van der Waals surface area contributed by atoms with Gasteiger partial charge >= 0.3 is 0 Å². The fourth-order valence-corrected chi connectivity index (χ4v) is 2.01. The summed E-state index contributed by atoms with van der Waals surface area (Å²) < 4.78 is 5.14. The molecule has 0 unspecified atom stereocenters. The van der Waals surface area contributed by atoms with Gasteiger partial charge in [0.25, 0.3) is 0 Å². The Hall–Kier alpha value is -1.73. The van der Waals surface area contributed by atoms with Gasteiger partial charge in [0.15, 0.2) is 0 Å². The number of ether oxygens (including phenoxy) is 1. The molecular weight excluding hydrogens is 220 g/mol. The Morgan fingerprint density at radius 3 is 2.81 bits per heavy atom. The van der Waals surface area contributed by atoms with Gasteiger partial charge in [-0.05, 0) is 24.5 Å². The number of thioether (sulfide) groups is 1. The van der Waals surface area contributed by atoms with E-state index in [0.717, 1.165) is 21.7 Å². The van der Waals surface area contributed by atoms with E-state index in [1.807, 2.05) is 30.5 Å². The van der Waals surface area contributed by atoms with Crippen molar-refractivity contribution in [3.63, 3.8) is 0 Å². The summed E-state index contributed by atoms with van der Waals surface area (Å²) in [7, 11) is 1.63. The molecule has 0 spiro atoms. The van der Waals surface area contributed by atoms with Crippen LogP contribution in [-0.4, -0.2) is 18.3 Å². The van der Waals surface area contributed by atoms with Gasteiger partial charge in [0, 0.05) is 11.5 Å². The van der Waals surface area contributed by atoms with E-state index in [2.05, 4.69) is 11.1 Å². The third-order valence-electron chi connectivity index (χ3n) is 2.30. The molecule has 0 aliphatic rings. The zero-order valence-corrected chi connectivity index (χ0v) is 9.84. The summed E-state index contributed by atoms with van der Waals surface area (Å²) in [5.41, 5.74) is 1.47. The van der Waals surface area contributed by atoms with Gasteiger partial charge in [-0.3, -0.25) is 0 Å². The normalized spacial score (nSPS) is 10.1. The number of aromatic nitrogens is 1. The Labute approximate surface area is 98.1 Å². The molecule has 0 aliphatic carbocycles. The molecule has 4 heteroatoms. The number of hydrogen-bond donors (Lipinski definition) is 0. The Bertz CT molecular complexity index is 575. The molecule has 0 aliphatic heterocycles. The number of nitriles is 1. The van der Waals surface area contributed by atoms with Crippen molar-refractivity contribution in [1.29, 1.82) is 5.26 Å². The Balaban J connectivity index is 2.69. The van der Waals surface area contributed by atoms with Crippen LogP contribution in [0.5, 0.6) is 5.75 Å². The van der Waals surface area contributed by atoms with Gasteiger partial charge in [-0.15, -0.1) is 11.8 Å². The topological polar surface area (TPSA) is 45.9 Å². The van der Waals surface area contributed by atoms with E-state index in [9.17, 15) is 0 Å². The minimum absolute atomic E-state index is 0.616. The van der Waals surface area contributed by atoms with Gasteiger partial charge in [0.2, 0.25) is 0 Å². The lowest BCUT2D eigenvalue weighted by atomic mass is 10.1. The molecule has 0 N–H and O–H groups in total. The summed E-state index contributed by atoms with van der Waals surface area (Å²) in [5.74, 6) is 0.775. The molecule has 2 rings (SSSR count). The Morgan fingerprint density at radius 1 is 1.38 bits per heavy atom. The first-order chi connectivity index (χ1) is 7.78. The first-order valence-electron chi connectivity index (χ1n) is 4.71. The van der Waals surface area contributed by atoms with Crippen molar-refractivity contribution in [2.45, 2.75) is 5.03 Å². The van der Waals surface area contributed by atoms with Crippen LogP contribution in [0.25, 0.3) is 10.9 Å². The highest BCUT2D eigenvalue weighted by Crippen LogP contribution is 2.25. The van der Waals surface area contributed by atoms with Crippen LogP contribution in [0.3, 0.4) is 0 Å². The predicted octanol–water partition coefficient (Wildman–Crippen LogP) is 2.84. The van der Waals surface area contributed by atoms with Crippen molar-refractivity contribution in [2.75, 3.05) is 13.4 Å². The zero-order chi connectivity index (χ0) is 11.5. The van der Waals surface area contributed by atoms with E-state index >= 15 is 0 Å². The molecule has 3 nitrogen and oxygen atoms in total. The second kappa shape index (κ2) is 4.42. The zero-order valence-electron chi connectivity index (χ0n) is 9.02. The van der Waals surface area contributed by atoms with Crippen molar-refractivity contribution >= 4 is 22.7 Å². The van der Waals surface area contributed by atoms with Crippen LogP contribution in [0, 0.1) is 11.3 Å². The number of benzene rings is 1. The van der Waals surface area contributed by atoms with E-state index in [1.54, 1.807) is 7.11 Å². The van der Waals surface area contributed by atoms with E-state index in [4.69, 9.17) is 10.00 Å². The van der Waals surface area contributed by atoms with Crippen molar-refractivity contribution in [3.8, 4) is 11.8 Å². The molecular formula is C12H10N2OS. The van der Waals surface area contributed by atoms with Crippen LogP contribution in [-0.2, 0) is 0 Å². The maximum absolute atomic E-state index is 8.98. The third kappa shape index (κ3) is 1.82. The molecule has 1 aromatic carbocycles. The quantitative estimate of drug-likeness (QED) is 0.744. The highest BCUT2D eigenvalue weighted by atomic mass is 32.2. The van der Waals surface area contributed by atoms with Crippen LogP contribution in [0.4, 0.5) is 0 Å². The van der Waals surface area contributed by atoms with Crippen LogP contribution in [0.15, 0.2) is 29.3 Å². The predicted molar refractivity (Wildman–Crippen MR) is 64.8 cm³/mol. The second-order valence-electron chi connectivity index (χ2n) is 3.22. The lowest BCUT2D eigenvalue weighted by molar-refractivity contribution is 0.415. The number of methoxy groups -OCH3 is 1. The fourth-order valence-electron chi connectivity index (χ4n) is 1.49. The van der Waals surface area contributed by atoms with Crippen molar-refractivity contribution < 1.29 is 4.74 Å². The van der Waals surface area contributed by atoms with Gasteiger partial charge in [-0.2, -0.15) is 5.26 Å². The van der Waals surface area contributed by atoms with Crippen LogP contribution >= 0.6 is 11.8 Å². The smallest absolute Gasteiger partial charge is 0.121 e. The average molecular weight is 230 g/mol. The first kappa shape index (κ1) is 10.8. The van der Waals surface area contributed by atoms with Gasteiger partial charge in [0.05, 0.1) is 18.2 Å². The molecule has 0 atom stereocenters. The Morgan fingerprint density at radius 2 is 2.19 bits per heavy atom. The monoisotopic (exact) mass is 230 g/mol. The maximum Gasteiger partial charge on any atom is 0.121 e. The van der Waals surface area contributed by atoms with Gasteiger partial charge in [0.1, 0.15) is 16.8 Å². The van der Waals surface area contributed by atoms with Gasteiger partial charge in [-0.1, -0.05) is 0 Å². The third-order valence-corrected chi connectivity index (χ3v) is 3.00. The van der Waals surface area contributed by atoms with Gasteiger partial charge < -0.3 is 4.74 Å². The number of pyridine rings is 1. The molecule has 0 amide bonds. The molecule has 1 aromatic heterocycles. The van der Waals surface area contributed by atoms with Crippen molar-refractivity contribution in [1.82, 2.24) is 4.98 Å². The molecule has 0 saturated heterocycles. The highest BCUT2D eigenvalue weighted by Gasteiger charge is 2.06. The van der Waals surface area contributed by atoms with E-state index < -0.39 is 0 Å². The molecule has 0 radical (unpaired) electrons. The van der Waals surface area contributed by atoms with Crippen LogP contribution < -0.4 is 4.74 Å². The van der Waals surface area contributed by atoms with Gasteiger partial charge in [-0.25, -0.2) is 4.98 Å². The van der Waals surface area contributed by atoms with E-state index in [1.165, 1.54) is 11.8 Å². The van der Waals surface area contributed by atoms with E-state index in [0.29, 0.717) is 5.56 Å². The molecule has 80 valence electrons. The van der Waals surface area contributed by atoms with Crippen LogP contribution in [0.2, 0.25) is 0 Å². The highest BCUT2D eigenvalue weighted by molar-refractivity contribution is 7.98. The standard InChI is InChI=1S/C12H10N2OS/c1-15-10-4-3-8-5-9(7-13)12(16-2)14-11(8)6-10/h3-6H,1-2H3. The number of nitrogens with zero attached hydrogens (tertiary/aromatic N) is 2. The maximum atomic E-state index is 8.98. The average Bonchev–Trinajstić information content (AvgIpc) is 2.36. The lowest BCUT2D eigenvalue weighted by Crippen LogP contribution is -1.89. The van der Waals surface area contributed by atoms with Crippen molar-refractivity contribution in [3.05, 3.63) is 29.8 Å².